The standard InChI is InChI=1S/C25H21Cl2N3O2/c1-15(29-30-25(32)22-14-21(22)17-5-3-2-4-6-17)16-7-10-19(11-8-16)28-24(31)20-12-9-18(26)13-23(20)27/h2-13,21-22H,14H2,1H3,(H,28,31)(H,30,32)/b29-15+/t21-,22+/m0/s1. The summed E-state index contributed by atoms with van der Waals surface area (Å²) in [4.78, 5) is 24.8. The van der Waals surface area contributed by atoms with Crippen molar-refractivity contribution in [1.29, 1.82) is 0 Å². The summed E-state index contributed by atoms with van der Waals surface area (Å²) in [5.41, 5.74) is 6.33. The van der Waals surface area contributed by atoms with E-state index < -0.39 is 0 Å². The summed E-state index contributed by atoms with van der Waals surface area (Å²) >= 11 is 12.0. The van der Waals surface area contributed by atoms with Crippen LogP contribution in [0.15, 0.2) is 77.9 Å². The average molecular weight is 466 g/mol. The van der Waals surface area contributed by atoms with Crippen molar-refractivity contribution in [2.24, 2.45) is 11.0 Å². The Morgan fingerprint density at radius 1 is 0.969 bits per heavy atom. The van der Waals surface area contributed by atoms with Gasteiger partial charge in [0.2, 0.25) is 5.91 Å². The van der Waals surface area contributed by atoms with E-state index in [4.69, 9.17) is 23.2 Å². The summed E-state index contributed by atoms with van der Waals surface area (Å²) in [6.45, 7) is 1.82. The molecule has 0 aromatic heterocycles. The maximum atomic E-state index is 12.4. The lowest BCUT2D eigenvalue weighted by Crippen LogP contribution is -2.21. The molecule has 0 radical (unpaired) electrons. The Labute approximate surface area is 196 Å². The number of carbonyl (C=O) groups is 2. The number of carbonyl (C=O) groups excluding carboxylic acids is 2. The minimum atomic E-state index is -0.325. The van der Waals surface area contributed by atoms with Gasteiger partial charge in [-0.2, -0.15) is 5.10 Å². The fourth-order valence-corrected chi connectivity index (χ4v) is 4.00. The molecule has 32 heavy (non-hydrogen) atoms. The highest BCUT2D eigenvalue weighted by Gasteiger charge is 2.43. The Hall–Kier alpha value is -3.15. The number of halogens is 2. The summed E-state index contributed by atoms with van der Waals surface area (Å²) < 4.78 is 0. The van der Waals surface area contributed by atoms with Gasteiger partial charge < -0.3 is 5.32 Å². The third-order valence-corrected chi connectivity index (χ3v) is 5.97. The number of rotatable bonds is 6. The van der Waals surface area contributed by atoms with Gasteiger partial charge in [-0.05, 0) is 60.7 Å². The van der Waals surface area contributed by atoms with Crippen LogP contribution < -0.4 is 10.7 Å². The summed E-state index contributed by atoms with van der Waals surface area (Å²) in [7, 11) is 0. The lowest BCUT2D eigenvalue weighted by atomic mass is 10.1. The predicted molar refractivity (Wildman–Crippen MR) is 129 cm³/mol. The number of hydrogen-bond acceptors (Lipinski definition) is 3. The first kappa shape index (κ1) is 22.1. The monoisotopic (exact) mass is 465 g/mol. The van der Waals surface area contributed by atoms with E-state index >= 15 is 0 Å². The van der Waals surface area contributed by atoms with E-state index in [2.05, 4.69) is 15.8 Å². The van der Waals surface area contributed by atoms with E-state index in [0.29, 0.717) is 22.0 Å². The minimum Gasteiger partial charge on any atom is -0.322 e. The van der Waals surface area contributed by atoms with Gasteiger partial charge in [0, 0.05) is 16.6 Å². The van der Waals surface area contributed by atoms with Gasteiger partial charge in [-0.3, -0.25) is 9.59 Å². The first-order valence-corrected chi connectivity index (χ1v) is 10.9. The van der Waals surface area contributed by atoms with Crippen molar-refractivity contribution < 1.29 is 9.59 Å². The topological polar surface area (TPSA) is 70.6 Å². The van der Waals surface area contributed by atoms with Crippen molar-refractivity contribution in [2.45, 2.75) is 19.3 Å². The van der Waals surface area contributed by atoms with Crippen LogP contribution in [0.5, 0.6) is 0 Å². The van der Waals surface area contributed by atoms with Gasteiger partial charge in [-0.15, -0.1) is 0 Å². The van der Waals surface area contributed by atoms with E-state index in [0.717, 1.165) is 12.0 Å². The molecule has 2 N–H and O–H groups in total. The molecule has 0 saturated heterocycles. The molecule has 2 atom stereocenters. The smallest absolute Gasteiger partial charge is 0.257 e. The lowest BCUT2D eigenvalue weighted by molar-refractivity contribution is -0.122. The molecule has 7 heteroatoms. The molecule has 162 valence electrons. The summed E-state index contributed by atoms with van der Waals surface area (Å²) in [6, 6.07) is 22.0. The van der Waals surface area contributed by atoms with Crippen LogP contribution in [-0.4, -0.2) is 17.5 Å². The third kappa shape index (κ3) is 5.18. The fraction of sp³-hybridized carbons (Fsp3) is 0.160. The van der Waals surface area contributed by atoms with Crippen molar-refractivity contribution in [1.82, 2.24) is 5.43 Å². The van der Waals surface area contributed by atoms with Crippen LogP contribution >= 0.6 is 23.2 Å². The average Bonchev–Trinajstić information content (AvgIpc) is 3.59. The van der Waals surface area contributed by atoms with Crippen LogP contribution in [0.25, 0.3) is 0 Å². The zero-order valence-corrected chi connectivity index (χ0v) is 18.8. The SMILES string of the molecule is C/C(=N\NC(=O)[C@@H]1C[C@H]1c1ccccc1)c1ccc(NC(=O)c2ccc(Cl)cc2Cl)cc1. The van der Waals surface area contributed by atoms with Crippen molar-refractivity contribution in [3.63, 3.8) is 0 Å². The van der Waals surface area contributed by atoms with Gasteiger partial charge in [0.05, 0.1) is 16.3 Å². The largest absolute Gasteiger partial charge is 0.322 e. The predicted octanol–water partition coefficient (Wildman–Crippen LogP) is 5.89. The van der Waals surface area contributed by atoms with E-state index in [1.807, 2.05) is 49.4 Å². The normalized spacial score (nSPS) is 17.5. The number of nitrogens with one attached hydrogen (secondary N) is 2. The van der Waals surface area contributed by atoms with Crippen molar-refractivity contribution in [3.05, 3.63) is 99.5 Å². The Morgan fingerprint density at radius 2 is 1.69 bits per heavy atom. The van der Waals surface area contributed by atoms with Gasteiger partial charge in [0.1, 0.15) is 0 Å². The van der Waals surface area contributed by atoms with Crippen LogP contribution in [0.3, 0.4) is 0 Å². The zero-order chi connectivity index (χ0) is 22.7. The number of hydrazone groups is 1. The first-order chi connectivity index (χ1) is 15.4. The second-order valence-electron chi connectivity index (χ2n) is 7.69. The molecular weight excluding hydrogens is 445 g/mol. The second kappa shape index (κ2) is 9.55. The maximum Gasteiger partial charge on any atom is 0.257 e. The van der Waals surface area contributed by atoms with Crippen LogP contribution in [0, 0.1) is 5.92 Å². The van der Waals surface area contributed by atoms with Gasteiger partial charge in [0.15, 0.2) is 0 Å². The molecule has 5 nitrogen and oxygen atoms in total. The van der Waals surface area contributed by atoms with Crippen LogP contribution in [0.1, 0.15) is 40.7 Å². The van der Waals surface area contributed by atoms with E-state index in [1.165, 1.54) is 11.6 Å². The van der Waals surface area contributed by atoms with E-state index in [1.54, 1.807) is 24.3 Å². The summed E-state index contributed by atoms with van der Waals surface area (Å²) in [6.07, 6.45) is 0.844. The second-order valence-corrected chi connectivity index (χ2v) is 8.53. The Kier molecular flexibility index (Phi) is 6.58. The molecule has 0 bridgehead atoms. The molecule has 1 fully saturated rings. The molecule has 0 aliphatic heterocycles. The van der Waals surface area contributed by atoms with Crippen LogP contribution in [-0.2, 0) is 4.79 Å². The Balaban J connectivity index is 1.33. The molecule has 0 spiro atoms. The number of nitrogens with zero attached hydrogens (tertiary/aromatic N) is 1. The number of benzene rings is 3. The van der Waals surface area contributed by atoms with Crippen LogP contribution in [0.2, 0.25) is 10.0 Å². The molecule has 0 unspecified atom stereocenters. The molecule has 4 rings (SSSR count). The highest BCUT2D eigenvalue weighted by molar-refractivity contribution is 6.37. The van der Waals surface area contributed by atoms with Crippen molar-refractivity contribution in [3.8, 4) is 0 Å². The van der Waals surface area contributed by atoms with Gasteiger partial charge in [0.25, 0.3) is 5.91 Å². The zero-order valence-electron chi connectivity index (χ0n) is 17.3. The first-order valence-electron chi connectivity index (χ1n) is 10.2. The van der Waals surface area contributed by atoms with Gasteiger partial charge >= 0.3 is 0 Å². The molecule has 3 aromatic rings. The highest BCUT2D eigenvalue weighted by atomic mass is 35.5. The molecule has 1 aliphatic rings. The van der Waals surface area contributed by atoms with E-state index in [9.17, 15) is 9.59 Å². The minimum absolute atomic E-state index is 0.0359. The quantitative estimate of drug-likeness (QED) is 0.351. The fourth-order valence-electron chi connectivity index (χ4n) is 3.51. The summed E-state index contributed by atoms with van der Waals surface area (Å²) in [5, 5.41) is 7.80. The van der Waals surface area contributed by atoms with Crippen LogP contribution in [0.4, 0.5) is 5.69 Å². The Bertz CT molecular complexity index is 1180. The number of anilines is 1. The molecule has 0 heterocycles. The summed E-state index contributed by atoms with van der Waals surface area (Å²) in [5.74, 6) is -0.161. The maximum absolute atomic E-state index is 12.4. The van der Waals surface area contributed by atoms with Crippen molar-refractivity contribution in [2.75, 3.05) is 5.32 Å². The molecule has 3 aromatic carbocycles. The van der Waals surface area contributed by atoms with Gasteiger partial charge in [-0.1, -0.05) is 65.7 Å². The number of hydrogen-bond donors (Lipinski definition) is 2. The molecule has 1 aliphatic carbocycles. The number of amides is 2. The lowest BCUT2D eigenvalue weighted by Gasteiger charge is -2.08. The third-order valence-electron chi connectivity index (χ3n) is 5.43. The molecular formula is C25H21Cl2N3O2. The van der Waals surface area contributed by atoms with Gasteiger partial charge in [-0.25, -0.2) is 5.43 Å². The van der Waals surface area contributed by atoms with Crippen molar-refractivity contribution >= 4 is 46.4 Å². The Morgan fingerprint density at radius 3 is 2.38 bits per heavy atom. The molecule has 1 saturated carbocycles. The molecule has 2 amide bonds. The van der Waals surface area contributed by atoms with E-state index in [-0.39, 0.29) is 28.7 Å². The highest BCUT2D eigenvalue weighted by Crippen LogP contribution is 2.47.